The van der Waals surface area contributed by atoms with Crippen LogP contribution in [0.25, 0.3) is 0 Å². The smallest absolute Gasteiger partial charge is 0.181 e. The van der Waals surface area contributed by atoms with Gasteiger partial charge in [-0.2, -0.15) is 0 Å². The Morgan fingerprint density at radius 1 is 1.33 bits per heavy atom. The summed E-state index contributed by atoms with van der Waals surface area (Å²) in [5, 5.41) is 0. The van der Waals surface area contributed by atoms with Crippen molar-refractivity contribution in [3.63, 3.8) is 0 Å². The topological polar surface area (TPSA) is 23.4 Å². The van der Waals surface area contributed by atoms with Gasteiger partial charge >= 0.3 is 0 Å². The van der Waals surface area contributed by atoms with Crippen molar-refractivity contribution in [2.75, 3.05) is 0 Å². The molecule has 3 nitrogen and oxygen atoms in total. The van der Waals surface area contributed by atoms with Gasteiger partial charge in [-0.05, 0) is 44.7 Å². The Balaban J connectivity index is 1.74. The molecule has 1 aliphatic heterocycles. The van der Waals surface area contributed by atoms with Crippen LogP contribution in [0.3, 0.4) is 0 Å². The summed E-state index contributed by atoms with van der Waals surface area (Å²) in [6.07, 6.45) is 2.62. The second-order valence-electron chi connectivity index (χ2n) is 4.55. The lowest BCUT2D eigenvalue weighted by atomic mass is 10.3. The monoisotopic (exact) mass is 207 g/mol. The van der Waals surface area contributed by atoms with Crippen LogP contribution in [0.4, 0.5) is 0 Å². The molecule has 0 atom stereocenters. The second-order valence-corrected chi connectivity index (χ2v) is 4.55. The molecule has 0 unspecified atom stereocenters. The predicted octanol–water partition coefficient (Wildman–Crippen LogP) is 2.39. The van der Waals surface area contributed by atoms with Crippen molar-refractivity contribution in [1.29, 1.82) is 0 Å². The molecule has 3 rings (SSSR count). The highest BCUT2D eigenvalue weighted by molar-refractivity contribution is 5.22. The van der Waals surface area contributed by atoms with Crippen LogP contribution in [0, 0.1) is 6.92 Å². The van der Waals surface area contributed by atoms with Gasteiger partial charge in [0, 0.05) is 11.4 Å². The van der Waals surface area contributed by atoms with Gasteiger partial charge < -0.3 is 14.0 Å². The van der Waals surface area contributed by atoms with Gasteiger partial charge in [-0.1, -0.05) is 0 Å². The largest absolute Gasteiger partial charge is 0.344 e. The predicted molar refractivity (Wildman–Crippen MR) is 56.6 cm³/mol. The zero-order valence-electron chi connectivity index (χ0n) is 9.27. The van der Waals surface area contributed by atoms with Crippen molar-refractivity contribution in [2.24, 2.45) is 0 Å². The molecule has 1 aromatic heterocycles. The standard InChI is InChI=1S/C12H17NO2/c1-8-3-6-11(10-4-5-10)13(8)7-12-14-9(2)15-12/h3,6,9-10,12H,4-5,7H2,1-2H3. The third kappa shape index (κ3) is 1.70. The van der Waals surface area contributed by atoms with Crippen LogP contribution in [0.2, 0.25) is 0 Å². The molecule has 0 aromatic carbocycles. The van der Waals surface area contributed by atoms with Crippen LogP contribution >= 0.6 is 0 Å². The third-order valence-electron chi connectivity index (χ3n) is 3.25. The summed E-state index contributed by atoms with van der Waals surface area (Å²) in [6.45, 7) is 4.92. The lowest BCUT2D eigenvalue weighted by molar-refractivity contribution is -0.379. The van der Waals surface area contributed by atoms with E-state index in [-0.39, 0.29) is 12.6 Å². The summed E-state index contributed by atoms with van der Waals surface area (Å²) in [5.74, 6) is 0.788. The van der Waals surface area contributed by atoms with E-state index in [1.54, 1.807) is 0 Å². The van der Waals surface area contributed by atoms with Gasteiger partial charge in [0.05, 0.1) is 6.54 Å². The molecular formula is C12H17NO2. The number of hydrogen-bond donors (Lipinski definition) is 0. The molecule has 0 amide bonds. The van der Waals surface area contributed by atoms with Crippen LogP contribution in [0.15, 0.2) is 12.1 Å². The molecule has 2 aliphatic rings. The normalized spacial score (nSPS) is 30.3. The molecule has 1 aromatic rings. The highest BCUT2D eigenvalue weighted by Crippen LogP contribution is 2.41. The fraction of sp³-hybridized carbons (Fsp3) is 0.667. The zero-order chi connectivity index (χ0) is 10.4. The average Bonchev–Trinajstić information content (AvgIpc) is 2.92. The van der Waals surface area contributed by atoms with Crippen molar-refractivity contribution >= 4 is 0 Å². The molecule has 2 heterocycles. The average molecular weight is 207 g/mol. The molecule has 1 aliphatic carbocycles. The van der Waals surface area contributed by atoms with Crippen molar-refractivity contribution < 1.29 is 9.47 Å². The Labute approximate surface area is 90.0 Å². The van der Waals surface area contributed by atoms with E-state index >= 15 is 0 Å². The fourth-order valence-electron chi connectivity index (χ4n) is 2.25. The number of aryl methyl sites for hydroxylation is 1. The van der Waals surface area contributed by atoms with E-state index in [1.165, 1.54) is 24.2 Å². The van der Waals surface area contributed by atoms with Crippen molar-refractivity contribution in [3.8, 4) is 0 Å². The molecule has 3 heteroatoms. The summed E-state index contributed by atoms with van der Waals surface area (Å²) in [4.78, 5) is 0. The van der Waals surface area contributed by atoms with E-state index in [2.05, 4.69) is 23.6 Å². The van der Waals surface area contributed by atoms with Crippen LogP contribution in [-0.2, 0) is 16.0 Å². The summed E-state index contributed by atoms with van der Waals surface area (Å²) in [7, 11) is 0. The van der Waals surface area contributed by atoms with Crippen LogP contribution in [0.1, 0.15) is 37.1 Å². The minimum Gasteiger partial charge on any atom is -0.344 e. The molecule has 0 bridgehead atoms. The number of ether oxygens (including phenoxy) is 2. The molecule has 0 spiro atoms. The summed E-state index contributed by atoms with van der Waals surface area (Å²) >= 11 is 0. The summed E-state index contributed by atoms with van der Waals surface area (Å²) < 4.78 is 13.3. The first-order chi connectivity index (χ1) is 7.24. The fourth-order valence-corrected chi connectivity index (χ4v) is 2.25. The van der Waals surface area contributed by atoms with E-state index in [0.717, 1.165) is 12.5 Å². The lowest BCUT2D eigenvalue weighted by Crippen LogP contribution is -2.41. The summed E-state index contributed by atoms with van der Waals surface area (Å²) in [6, 6.07) is 4.44. The minimum absolute atomic E-state index is 0.0183. The van der Waals surface area contributed by atoms with Crippen molar-refractivity contribution in [1.82, 2.24) is 4.57 Å². The van der Waals surface area contributed by atoms with Gasteiger partial charge in [0.15, 0.2) is 12.6 Å². The number of aromatic nitrogens is 1. The van der Waals surface area contributed by atoms with Crippen molar-refractivity contribution in [3.05, 3.63) is 23.5 Å². The van der Waals surface area contributed by atoms with Crippen LogP contribution < -0.4 is 0 Å². The first kappa shape index (κ1) is 9.43. The quantitative estimate of drug-likeness (QED) is 0.759. The van der Waals surface area contributed by atoms with Crippen LogP contribution in [-0.4, -0.2) is 17.1 Å². The van der Waals surface area contributed by atoms with Gasteiger partial charge in [0.2, 0.25) is 0 Å². The molecule has 82 valence electrons. The third-order valence-corrected chi connectivity index (χ3v) is 3.25. The Kier molecular flexibility index (Phi) is 2.11. The van der Waals surface area contributed by atoms with Crippen molar-refractivity contribution in [2.45, 2.75) is 51.7 Å². The van der Waals surface area contributed by atoms with E-state index in [9.17, 15) is 0 Å². The Morgan fingerprint density at radius 2 is 2.07 bits per heavy atom. The van der Waals surface area contributed by atoms with Gasteiger partial charge in [-0.25, -0.2) is 0 Å². The minimum atomic E-state index is -0.0383. The van der Waals surface area contributed by atoms with E-state index in [0.29, 0.717) is 0 Å². The molecule has 15 heavy (non-hydrogen) atoms. The van der Waals surface area contributed by atoms with E-state index in [1.807, 2.05) is 6.92 Å². The Morgan fingerprint density at radius 3 is 2.67 bits per heavy atom. The number of hydrogen-bond acceptors (Lipinski definition) is 2. The molecule has 1 saturated heterocycles. The summed E-state index contributed by atoms with van der Waals surface area (Å²) in [5.41, 5.74) is 2.77. The first-order valence-corrected chi connectivity index (χ1v) is 5.71. The number of rotatable bonds is 3. The molecule has 1 saturated carbocycles. The van der Waals surface area contributed by atoms with Crippen LogP contribution in [0.5, 0.6) is 0 Å². The maximum absolute atomic E-state index is 5.48. The molecular weight excluding hydrogens is 190 g/mol. The SMILES string of the molecule is Cc1ccc(C2CC2)n1CC1OC(C)O1. The second kappa shape index (κ2) is 3.35. The highest BCUT2D eigenvalue weighted by atomic mass is 16.9. The maximum Gasteiger partial charge on any atom is 0.181 e. The zero-order valence-corrected chi connectivity index (χ0v) is 9.27. The van der Waals surface area contributed by atoms with E-state index in [4.69, 9.17) is 9.47 Å². The lowest BCUT2D eigenvalue weighted by Gasteiger charge is -2.34. The van der Waals surface area contributed by atoms with Gasteiger partial charge in [-0.3, -0.25) is 0 Å². The first-order valence-electron chi connectivity index (χ1n) is 5.71. The number of nitrogens with zero attached hydrogens (tertiary/aromatic N) is 1. The highest BCUT2D eigenvalue weighted by Gasteiger charge is 2.31. The Hall–Kier alpha value is -0.800. The maximum atomic E-state index is 5.48. The molecule has 0 N–H and O–H groups in total. The molecule has 0 radical (unpaired) electrons. The van der Waals surface area contributed by atoms with E-state index < -0.39 is 0 Å². The molecule has 2 fully saturated rings. The van der Waals surface area contributed by atoms with Gasteiger partial charge in [0.25, 0.3) is 0 Å². The van der Waals surface area contributed by atoms with Gasteiger partial charge in [0.1, 0.15) is 0 Å². The Bertz CT molecular complexity index is 362. The van der Waals surface area contributed by atoms with Gasteiger partial charge in [-0.15, -0.1) is 0 Å².